The number of amides is 2. The van der Waals surface area contributed by atoms with Gasteiger partial charge in [0, 0.05) is 31.1 Å². The molecular weight excluding hydrogens is 264 g/mol. The van der Waals surface area contributed by atoms with Gasteiger partial charge in [0.05, 0.1) is 0 Å². The fourth-order valence-electron chi connectivity index (χ4n) is 2.20. The van der Waals surface area contributed by atoms with Gasteiger partial charge in [0.15, 0.2) is 0 Å². The van der Waals surface area contributed by atoms with E-state index in [9.17, 15) is 9.59 Å². The number of carbonyl (C=O) groups is 2. The van der Waals surface area contributed by atoms with Crippen LogP contribution in [0.3, 0.4) is 0 Å². The van der Waals surface area contributed by atoms with Crippen LogP contribution in [0.4, 0.5) is 5.69 Å². The molecule has 1 aromatic rings. The summed E-state index contributed by atoms with van der Waals surface area (Å²) in [4.78, 5) is 25.5. The highest BCUT2D eigenvalue weighted by molar-refractivity contribution is 5.93. The summed E-state index contributed by atoms with van der Waals surface area (Å²) in [5.41, 5.74) is 2.65. The molecule has 2 amide bonds. The predicted octanol–water partition coefficient (Wildman–Crippen LogP) is 2.82. The summed E-state index contributed by atoms with van der Waals surface area (Å²) in [6.07, 6.45) is 0. The number of hydrogen-bond donors (Lipinski definition) is 1. The lowest BCUT2D eigenvalue weighted by Gasteiger charge is -2.26. The van der Waals surface area contributed by atoms with Gasteiger partial charge in [0.1, 0.15) is 0 Å². The third kappa shape index (κ3) is 4.59. The Kier molecular flexibility index (Phi) is 5.53. The zero-order valence-electron chi connectivity index (χ0n) is 13.9. The summed E-state index contributed by atoms with van der Waals surface area (Å²) in [5.74, 6) is -0.0232. The summed E-state index contributed by atoms with van der Waals surface area (Å²) in [6, 6.07) is 5.96. The van der Waals surface area contributed by atoms with Crippen LogP contribution in [0, 0.1) is 19.3 Å². The first kappa shape index (κ1) is 17.2. The zero-order chi connectivity index (χ0) is 16.2. The van der Waals surface area contributed by atoms with Crippen LogP contribution in [0.1, 0.15) is 38.8 Å². The van der Waals surface area contributed by atoms with E-state index in [0.717, 1.165) is 16.8 Å². The SMILES string of the molecule is CC(=O)N(CCNC(=O)C(C)(C)C)c1c(C)cccc1C. The molecule has 0 saturated heterocycles. The molecule has 1 rings (SSSR count). The standard InChI is InChI=1S/C17H26N2O2/c1-12-8-7-9-13(2)15(12)19(14(3)20)11-10-18-16(21)17(4,5)6/h7-9H,10-11H2,1-6H3,(H,18,21). The van der Waals surface area contributed by atoms with E-state index in [1.165, 1.54) is 0 Å². The van der Waals surface area contributed by atoms with Crippen molar-refractivity contribution in [1.29, 1.82) is 0 Å². The largest absolute Gasteiger partial charge is 0.354 e. The Hall–Kier alpha value is -1.84. The Labute approximate surface area is 127 Å². The number of nitrogens with zero attached hydrogens (tertiary/aromatic N) is 1. The molecule has 0 aliphatic heterocycles. The second kappa shape index (κ2) is 6.74. The Morgan fingerprint density at radius 1 is 1.14 bits per heavy atom. The van der Waals surface area contributed by atoms with Crippen molar-refractivity contribution in [3.63, 3.8) is 0 Å². The zero-order valence-corrected chi connectivity index (χ0v) is 13.9. The van der Waals surface area contributed by atoms with E-state index in [1.54, 1.807) is 11.8 Å². The molecule has 1 N–H and O–H groups in total. The summed E-state index contributed by atoms with van der Waals surface area (Å²) in [5, 5.41) is 2.88. The lowest BCUT2D eigenvalue weighted by molar-refractivity contribution is -0.128. The van der Waals surface area contributed by atoms with Crippen molar-refractivity contribution in [2.75, 3.05) is 18.0 Å². The number of nitrogens with one attached hydrogen (secondary N) is 1. The van der Waals surface area contributed by atoms with Gasteiger partial charge in [-0.3, -0.25) is 9.59 Å². The molecule has 21 heavy (non-hydrogen) atoms. The Bertz CT molecular complexity index is 510. The van der Waals surface area contributed by atoms with Crippen LogP contribution in [-0.2, 0) is 9.59 Å². The van der Waals surface area contributed by atoms with Gasteiger partial charge in [-0.05, 0) is 25.0 Å². The highest BCUT2D eigenvalue weighted by atomic mass is 16.2. The normalized spacial score (nSPS) is 11.1. The minimum Gasteiger partial charge on any atom is -0.354 e. The monoisotopic (exact) mass is 290 g/mol. The van der Waals surface area contributed by atoms with Gasteiger partial charge < -0.3 is 10.2 Å². The molecular formula is C17H26N2O2. The van der Waals surface area contributed by atoms with Crippen molar-refractivity contribution >= 4 is 17.5 Å². The van der Waals surface area contributed by atoms with E-state index >= 15 is 0 Å². The fourth-order valence-corrected chi connectivity index (χ4v) is 2.20. The number of benzene rings is 1. The topological polar surface area (TPSA) is 49.4 Å². The number of anilines is 1. The minimum absolute atomic E-state index is 0.00694. The van der Waals surface area contributed by atoms with E-state index in [-0.39, 0.29) is 11.8 Å². The minimum atomic E-state index is -0.417. The van der Waals surface area contributed by atoms with Crippen molar-refractivity contribution in [3.8, 4) is 0 Å². The lowest BCUT2D eigenvalue weighted by Crippen LogP contribution is -2.41. The van der Waals surface area contributed by atoms with Crippen LogP contribution in [0.2, 0.25) is 0 Å². The molecule has 0 fully saturated rings. The van der Waals surface area contributed by atoms with E-state index in [4.69, 9.17) is 0 Å². The third-order valence-corrected chi connectivity index (χ3v) is 3.39. The van der Waals surface area contributed by atoms with Crippen LogP contribution in [0.5, 0.6) is 0 Å². The quantitative estimate of drug-likeness (QED) is 0.927. The maximum atomic E-state index is 11.9. The predicted molar refractivity (Wildman–Crippen MR) is 86.4 cm³/mol. The molecule has 0 heterocycles. The second-order valence-electron chi connectivity index (χ2n) is 6.42. The highest BCUT2D eigenvalue weighted by Gasteiger charge is 2.21. The Morgan fingerprint density at radius 2 is 1.67 bits per heavy atom. The van der Waals surface area contributed by atoms with E-state index in [1.807, 2.05) is 52.8 Å². The summed E-state index contributed by atoms with van der Waals surface area (Å²) < 4.78 is 0. The molecule has 0 bridgehead atoms. The summed E-state index contributed by atoms with van der Waals surface area (Å²) in [6.45, 7) is 12.1. The average Bonchev–Trinajstić information content (AvgIpc) is 2.34. The van der Waals surface area contributed by atoms with Gasteiger partial charge in [-0.15, -0.1) is 0 Å². The summed E-state index contributed by atoms with van der Waals surface area (Å²) >= 11 is 0. The lowest BCUT2D eigenvalue weighted by atomic mass is 9.96. The van der Waals surface area contributed by atoms with Gasteiger partial charge in [0.2, 0.25) is 11.8 Å². The molecule has 0 aliphatic carbocycles. The van der Waals surface area contributed by atoms with Gasteiger partial charge in [-0.25, -0.2) is 0 Å². The first-order valence-corrected chi connectivity index (χ1v) is 7.27. The summed E-state index contributed by atoms with van der Waals surface area (Å²) in [7, 11) is 0. The maximum Gasteiger partial charge on any atom is 0.225 e. The van der Waals surface area contributed by atoms with E-state index in [2.05, 4.69) is 5.32 Å². The molecule has 0 aliphatic rings. The van der Waals surface area contributed by atoms with Crippen molar-refractivity contribution in [3.05, 3.63) is 29.3 Å². The molecule has 0 atom stereocenters. The van der Waals surface area contributed by atoms with Crippen LogP contribution in [0.15, 0.2) is 18.2 Å². The van der Waals surface area contributed by atoms with Crippen molar-refractivity contribution < 1.29 is 9.59 Å². The van der Waals surface area contributed by atoms with Crippen molar-refractivity contribution in [2.24, 2.45) is 5.41 Å². The van der Waals surface area contributed by atoms with Crippen LogP contribution in [-0.4, -0.2) is 24.9 Å². The molecule has 0 saturated carbocycles. The molecule has 0 spiro atoms. The van der Waals surface area contributed by atoms with Gasteiger partial charge in [-0.2, -0.15) is 0 Å². The van der Waals surface area contributed by atoms with Crippen molar-refractivity contribution in [2.45, 2.75) is 41.5 Å². The molecule has 0 unspecified atom stereocenters. The molecule has 4 nitrogen and oxygen atoms in total. The van der Waals surface area contributed by atoms with Gasteiger partial charge >= 0.3 is 0 Å². The van der Waals surface area contributed by atoms with Crippen LogP contribution in [0.25, 0.3) is 0 Å². The number of hydrogen-bond acceptors (Lipinski definition) is 2. The molecule has 0 aromatic heterocycles. The Balaban J connectivity index is 2.81. The first-order chi connectivity index (χ1) is 9.64. The number of aryl methyl sites for hydroxylation is 2. The van der Waals surface area contributed by atoms with Gasteiger partial charge in [0.25, 0.3) is 0 Å². The number of rotatable bonds is 4. The van der Waals surface area contributed by atoms with Crippen LogP contribution >= 0.6 is 0 Å². The Morgan fingerprint density at radius 3 is 2.10 bits per heavy atom. The van der Waals surface area contributed by atoms with Gasteiger partial charge in [-0.1, -0.05) is 39.0 Å². The highest BCUT2D eigenvalue weighted by Crippen LogP contribution is 2.24. The number of para-hydroxylation sites is 1. The van der Waals surface area contributed by atoms with Crippen molar-refractivity contribution in [1.82, 2.24) is 5.32 Å². The maximum absolute atomic E-state index is 11.9. The average molecular weight is 290 g/mol. The molecule has 116 valence electrons. The molecule has 4 heteroatoms. The molecule has 0 radical (unpaired) electrons. The van der Waals surface area contributed by atoms with Crippen LogP contribution < -0.4 is 10.2 Å². The van der Waals surface area contributed by atoms with E-state index in [0.29, 0.717) is 13.1 Å². The smallest absolute Gasteiger partial charge is 0.225 e. The fraction of sp³-hybridized carbons (Fsp3) is 0.529. The second-order valence-corrected chi connectivity index (χ2v) is 6.42. The third-order valence-electron chi connectivity index (χ3n) is 3.39. The molecule has 1 aromatic carbocycles. The first-order valence-electron chi connectivity index (χ1n) is 7.27. The number of carbonyl (C=O) groups excluding carboxylic acids is 2. The van der Waals surface area contributed by atoms with E-state index < -0.39 is 5.41 Å².